The Hall–Kier alpha value is -4.40. The molecule has 1 atom stereocenters. The molecule has 0 aliphatic carbocycles. The van der Waals surface area contributed by atoms with Crippen LogP contribution in [0.4, 0.5) is 16.2 Å². The summed E-state index contributed by atoms with van der Waals surface area (Å²) >= 11 is 0. The quantitative estimate of drug-likeness (QED) is 0.510. The van der Waals surface area contributed by atoms with E-state index in [4.69, 9.17) is 4.74 Å². The number of urea groups is 1. The molecule has 1 aliphatic rings. The van der Waals surface area contributed by atoms with Crippen molar-refractivity contribution in [2.24, 2.45) is 0 Å². The second-order valence-electron chi connectivity index (χ2n) is 7.78. The average Bonchev–Trinajstić information content (AvgIpc) is 3.35. The van der Waals surface area contributed by atoms with Crippen LogP contribution in [-0.4, -0.2) is 52.6 Å². The number of aromatic nitrogens is 1. The van der Waals surface area contributed by atoms with Crippen LogP contribution in [0.3, 0.4) is 0 Å². The molecule has 1 aromatic heterocycles. The van der Waals surface area contributed by atoms with Crippen LogP contribution in [0.15, 0.2) is 66.9 Å². The van der Waals surface area contributed by atoms with Gasteiger partial charge in [-0.25, -0.2) is 9.59 Å². The van der Waals surface area contributed by atoms with E-state index in [2.05, 4.69) is 15.6 Å². The predicted octanol–water partition coefficient (Wildman–Crippen LogP) is 4.09. The molecule has 9 heteroatoms. The molecule has 174 valence electrons. The van der Waals surface area contributed by atoms with Crippen molar-refractivity contribution in [2.75, 3.05) is 24.3 Å². The summed E-state index contributed by atoms with van der Waals surface area (Å²) in [5, 5.41) is 14.8. The van der Waals surface area contributed by atoms with Gasteiger partial charge < -0.3 is 25.4 Å². The largest absolute Gasteiger partial charge is 0.495 e. The van der Waals surface area contributed by atoms with Gasteiger partial charge in [-0.2, -0.15) is 0 Å². The Morgan fingerprint density at radius 3 is 2.41 bits per heavy atom. The lowest BCUT2D eigenvalue weighted by molar-refractivity contribution is -0.141. The number of likely N-dealkylation sites (tertiary alicyclic amines) is 1. The number of hydrogen-bond acceptors (Lipinski definition) is 5. The summed E-state index contributed by atoms with van der Waals surface area (Å²) in [7, 11) is 1.54. The van der Waals surface area contributed by atoms with Gasteiger partial charge in [0.1, 0.15) is 17.5 Å². The first-order chi connectivity index (χ1) is 16.5. The molecule has 3 N–H and O–H groups in total. The summed E-state index contributed by atoms with van der Waals surface area (Å²) in [6.45, 7) is 0.415. The smallest absolute Gasteiger partial charge is 0.326 e. The maximum atomic E-state index is 12.7. The number of nitrogens with one attached hydrogen (secondary N) is 2. The molecule has 0 spiro atoms. The van der Waals surface area contributed by atoms with E-state index < -0.39 is 18.0 Å². The number of rotatable bonds is 6. The minimum atomic E-state index is -0.993. The number of benzene rings is 2. The topological polar surface area (TPSA) is 121 Å². The number of methoxy groups -OCH3 is 1. The highest BCUT2D eigenvalue weighted by molar-refractivity contribution is 6.00. The summed E-state index contributed by atoms with van der Waals surface area (Å²) in [4.78, 5) is 42.0. The number of carbonyl (C=O) groups excluding carboxylic acids is 2. The maximum Gasteiger partial charge on any atom is 0.326 e. The Labute approximate surface area is 196 Å². The Morgan fingerprint density at radius 1 is 1.00 bits per heavy atom. The first kappa shape index (κ1) is 22.8. The number of pyridine rings is 1. The van der Waals surface area contributed by atoms with Gasteiger partial charge in [-0.3, -0.25) is 9.78 Å². The van der Waals surface area contributed by atoms with E-state index in [1.165, 1.54) is 12.0 Å². The van der Waals surface area contributed by atoms with Crippen molar-refractivity contribution in [1.82, 2.24) is 9.88 Å². The highest BCUT2D eigenvalue weighted by Gasteiger charge is 2.34. The summed E-state index contributed by atoms with van der Waals surface area (Å²) in [6.07, 6.45) is 2.70. The normalized spacial score (nSPS) is 15.0. The fraction of sp³-hybridized carbons (Fsp3) is 0.200. The Morgan fingerprint density at radius 2 is 1.74 bits per heavy atom. The number of nitrogens with zero attached hydrogens (tertiary/aromatic N) is 2. The van der Waals surface area contributed by atoms with Crippen LogP contribution in [0.5, 0.6) is 5.75 Å². The van der Waals surface area contributed by atoms with E-state index >= 15 is 0 Å². The zero-order valence-corrected chi connectivity index (χ0v) is 18.5. The average molecular weight is 460 g/mol. The van der Waals surface area contributed by atoms with Gasteiger partial charge in [0.15, 0.2) is 0 Å². The van der Waals surface area contributed by atoms with Crippen molar-refractivity contribution in [2.45, 2.75) is 18.9 Å². The van der Waals surface area contributed by atoms with Crippen molar-refractivity contribution in [3.63, 3.8) is 0 Å². The van der Waals surface area contributed by atoms with Crippen molar-refractivity contribution in [3.8, 4) is 16.9 Å². The number of carboxylic acids is 1. The number of para-hydroxylation sites is 2. The van der Waals surface area contributed by atoms with Crippen molar-refractivity contribution in [1.29, 1.82) is 0 Å². The lowest BCUT2D eigenvalue weighted by atomic mass is 10.1. The molecular weight excluding hydrogens is 436 g/mol. The fourth-order valence-corrected chi connectivity index (χ4v) is 3.88. The molecule has 3 aromatic rings. The highest BCUT2D eigenvalue weighted by Crippen LogP contribution is 2.25. The zero-order chi connectivity index (χ0) is 24.1. The SMILES string of the molecule is COc1ccccc1NC(=O)Nc1ccc(-c2ccc(C(=O)N3CCC[C@H]3C(=O)O)nc2)cc1. The van der Waals surface area contributed by atoms with Gasteiger partial charge in [0.05, 0.1) is 12.8 Å². The molecule has 4 rings (SSSR count). The number of ether oxygens (including phenoxy) is 1. The second-order valence-corrected chi connectivity index (χ2v) is 7.78. The molecule has 34 heavy (non-hydrogen) atoms. The number of aliphatic carboxylic acids is 1. The predicted molar refractivity (Wildman–Crippen MR) is 127 cm³/mol. The molecule has 1 saturated heterocycles. The van der Waals surface area contributed by atoms with Crippen molar-refractivity contribution in [3.05, 3.63) is 72.6 Å². The summed E-state index contributed by atoms with van der Waals surface area (Å²) in [5.41, 5.74) is 3.01. The van der Waals surface area contributed by atoms with E-state index in [1.807, 2.05) is 18.2 Å². The molecule has 2 aromatic carbocycles. The monoisotopic (exact) mass is 460 g/mol. The Bertz CT molecular complexity index is 1190. The van der Waals surface area contributed by atoms with Gasteiger partial charge in [-0.15, -0.1) is 0 Å². The molecule has 3 amide bonds. The highest BCUT2D eigenvalue weighted by atomic mass is 16.5. The molecule has 9 nitrogen and oxygen atoms in total. The summed E-state index contributed by atoms with van der Waals surface area (Å²) < 4.78 is 5.23. The van der Waals surface area contributed by atoms with Crippen LogP contribution in [0.25, 0.3) is 11.1 Å². The molecule has 0 bridgehead atoms. The second kappa shape index (κ2) is 10.0. The van der Waals surface area contributed by atoms with Crippen molar-refractivity contribution >= 4 is 29.3 Å². The van der Waals surface area contributed by atoms with Crippen LogP contribution in [0.2, 0.25) is 0 Å². The summed E-state index contributed by atoms with van der Waals surface area (Å²) in [5.74, 6) is -0.810. The van der Waals surface area contributed by atoms with E-state index in [-0.39, 0.29) is 11.6 Å². The van der Waals surface area contributed by atoms with Gasteiger partial charge in [0, 0.05) is 24.0 Å². The van der Waals surface area contributed by atoms with E-state index in [0.29, 0.717) is 36.5 Å². The van der Waals surface area contributed by atoms with Gasteiger partial charge in [0.25, 0.3) is 5.91 Å². The molecule has 1 aliphatic heterocycles. The lowest BCUT2D eigenvalue weighted by Crippen LogP contribution is -2.40. The van der Waals surface area contributed by atoms with Gasteiger partial charge in [-0.1, -0.05) is 30.3 Å². The Kier molecular flexibility index (Phi) is 6.72. The molecule has 0 saturated carbocycles. The third kappa shape index (κ3) is 4.98. The third-order valence-electron chi connectivity index (χ3n) is 5.61. The van der Waals surface area contributed by atoms with Gasteiger partial charge in [-0.05, 0) is 48.7 Å². The molecule has 0 unspecified atom stereocenters. The van der Waals surface area contributed by atoms with Crippen LogP contribution >= 0.6 is 0 Å². The lowest BCUT2D eigenvalue weighted by Gasteiger charge is -2.20. The van der Waals surface area contributed by atoms with E-state index in [1.54, 1.807) is 48.7 Å². The standard InChI is InChI=1S/C25H24N4O5/c1-34-22-7-3-2-5-19(22)28-25(33)27-18-11-8-16(9-12-18)17-10-13-20(26-15-17)23(30)29-14-4-6-21(29)24(31)32/h2-3,5,7-13,15,21H,4,6,14H2,1H3,(H,31,32)(H2,27,28,33)/t21-/m0/s1. The number of amides is 3. The van der Waals surface area contributed by atoms with Crippen molar-refractivity contribution < 1.29 is 24.2 Å². The molecule has 1 fully saturated rings. The zero-order valence-electron chi connectivity index (χ0n) is 18.5. The number of hydrogen-bond donors (Lipinski definition) is 3. The minimum absolute atomic E-state index is 0.211. The van der Waals surface area contributed by atoms with E-state index in [0.717, 1.165) is 11.1 Å². The first-order valence-electron chi connectivity index (χ1n) is 10.8. The van der Waals surface area contributed by atoms with Crippen LogP contribution < -0.4 is 15.4 Å². The molecular formula is C25H24N4O5. The minimum Gasteiger partial charge on any atom is -0.495 e. The van der Waals surface area contributed by atoms with Crippen LogP contribution in [0, 0.1) is 0 Å². The van der Waals surface area contributed by atoms with Crippen LogP contribution in [0.1, 0.15) is 23.3 Å². The number of anilines is 2. The van der Waals surface area contributed by atoms with Gasteiger partial charge >= 0.3 is 12.0 Å². The molecule has 2 heterocycles. The van der Waals surface area contributed by atoms with Crippen LogP contribution in [-0.2, 0) is 4.79 Å². The fourth-order valence-electron chi connectivity index (χ4n) is 3.88. The number of carboxylic acid groups (broad SMARTS) is 1. The maximum absolute atomic E-state index is 12.7. The third-order valence-corrected chi connectivity index (χ3v) is 5.61. The number of carbonyl (C=O) groups is 3. The Balaban J connectivity index is 1.39. The summed E-state index contributed by atoms with van der Waals surface area (Å²) in [6, 6.07) is 16.5. The molecule has 0 radical (unpaired) electrons. The van der Waals surface area contributed by atoms with E-state index in [9.17, 15) is 19.5 Å². The van der Waals surface area contributed by atoms with Gasteiger partial charge in [0.2, 0.25) is 0 Å². The first-order valence-corrected chi connectivity index (χ1v) is 10.8.